The molecule has 1 aromatic carbocycles. The predicted octanol–water partition coefficient (Wildman–Crippen LogP) is 0.847. The molecule has 0 heterocycles. The Labute approximate surface area is 87.7 Å². The van der Waals surface area contributed by atoms with Crippen molar-refractivity contribution in [1.82, 2.24) is 0 Å². The minimum atomic E-state index is -0.684. The van der Waals surface area contributed by atoms with Crippen LogP contribution in [0.4, 0.5) is 5.69 Å². The highest BCUT2D eigenvalue weighted by Crippen LogP contribution is 2.15. The van der Waals surface area contributed by atoms with Gasteiger partial charge in [-0.3, -0.25) is 10.1 Å². The minimum absolute atomic E-state index is 0.0569. The van der Waals surface area contributed by atoms with Gasteiger partial charge in [0.15, 0.2) is 0 Å². The molecule has 0 aromatic heterocycles. The van der Waals surface area contributed by atoms with E-state index in [0.29, 0.717) is 6.42 Å². The second-order valence-electron chi connectivity index (χ2n) is 3.91. The maximum atomic E-state index is 10.4. The molecule has 1 aromatic rings. The molecule has 0 saturated carbocycles. The Kier molecular flexibility index (Phi) is 3.39. The van der Waals surface area contributed by atoms with E-state index in [1.807, 2.05) is 0 Å². The van der Waals surface area contributed by atoms with Gasteiger partial charge in [0, 0.05) is 17.7 Å². The molecule has 0 aliphatic carbocycles. The fraction of sp³-hybridized carbons (Fsp3) is 0.400. The number of benzene rings is 1. The van der Waals surface area contributed by atoms with Crippen molar-refractivity contribution >= 4 is 5.69 Å². The van der Waals surface area contributed by atoms with Gasteiger partial charge in [-0.2, -0.15) is 0 Å². The SMILES string of the molecule is CC(N)(CO)Cc1ccc([N+](=O)[O-])cc1. The number of hydrogen-bond donors (Lipinski definition) is 2. The van der Waals surface area contributed by atoms with E-state index in [2.05, 4.69) is 0 Å². The Bertz CT molecular complexity index is 346. The highest BCUT2D eigenvalue weighted by molar-refractivity contribution is 5.33. The zero-order valence-corrected chi connectivity index (χ0v) is 8.51. The summed E-state index contributed by atoms with van der Waals surface area (Å²) in [6.45, 7) is 1.61. The summed E-state index contributed by atoms with van der Waals surface area (Å²) in [5.74, 6) is 0. The fourth-order valence-electron chi connectivity index (χ4n) is 1.26. The van der Waals surface area contributed by atoms with Crippen LogP contribution in [0, 0.1) is 10.1 Å². The number of aliphatic hydroxyl groups is 1. The van der Waals surface area contributed by atoms with Crippen molar-refractivity contribution in [2.24, 2.45) is 5.73 Å². The molecule has 82 valence electrons. The molecule has 1 atom stereocenters. The van der Waals surface area contributed by atoms with E-state index >= 15 is 0 Å². The Morgan fingerprint density at radius 2 is 2.00 bits per heavy atom. The zero-order chi connectivity index (χ0) is 11.5. The summed E-state index contributed by atoms with van der Waals surface area (Å²) in [7, 11) is 0. The Balaban J connectivity index is 2.77. The van der Waals surface area contributed by atoms with Gasteiger partial charge in [0.1, 0.15) is 0 Å². The average Bonchev–Trinajstić information content (AvgIpc) is 2.18. The Hall–Kier alpha value is -1.46. The lowest BCUT2D eigenvalue weighted by Crippen LogP contribution is -2.42. The van der Waals surface area contributed by atoms with Crippen LogP contribution in [0.3, 0.4) is 0 Å². The van der Waals surface area contributed by atoms with Crippen molar-refractivity contribution in [3.05, 3.63) is 39.9 Å². The van der Waals surface area contributed by atoms with Crippen molar-refractivity contribution in [2.45, 2.75) is 18.9 Å². The van der Waals surface area contributed by atoms with Crippen LogP contribution in [0.25, 0.3) is 0 Å². The number of nitro groups is 1. The lowest BCUT2D eigenvalue weighted by atomic mass is 9.95. The first-order chi connectivity index (χ1) is 6.94. The third-order valence-electron chi connectivity index (χ3n) is 2.12. The zero-order valence-electron chi connectivity index (χ0n) is 8.51. The van der Waals surface area contributed by atoms with Crippen LogP contribution in [0.5, 0.6) is 0 Å². The van der Waals surface area contributed by atoms with Crippen molar-refractivity contribution in [2.75, 3.05) is 6.61 Å². The van der Waals surface area contributed by atoms with E-state index in [9.17, 15) is 10.1 Å². The van der Waals surface area contributed by atoms with Gasteiger partial charge in [-0.25, -0.2) is 0 Å². The lowest BCUT2D eigenvalue weighted by Gasteiger charge is -2.21. The van der Waals surface area contributed by atoms with E-state index in [4.69, 9.17) is 10.8 Å². The number of nitrogens with zero attached hydrogens (tertiary/aromatic N) is 1. The summed E-state index contributed by atoms with van der Waals surface area (Å²) < 4.78 is 0. The first-order valence-electron chi connectivity index (χ1n) is 4.58. The molecule has 0 spiro atoms. The van der Waals surface area contributed by atoms with Gasteiger partial charge in [-0.05, 0) is 18.9 Å². The molecule has 1 rings (SSSR count). The highest BCUT2D eigenvalue weighted by atomic mass is 16.6. The second kappa shape index (κ2) is 4.37. The molecule has 5 nitrogen and oxygen atoms in total. The molecule has 0 saturated heterocycles. The third-order valence-corrected chi connectivity index (χ3v) is 2.12. The van der Waals surface area contributed by atoms with Crippen LogP contribution in [0.2, 0.25) is 0 Å². The number of aliphatic hydroxyl groups excluding tert-OH is 1. The molecule has 3 N–H and O–H groups in total. The first-order valence-corrected chi connectivity index (χ1v) is 4.58. The smallest absolute Gasteiger partial charge is 0.269 e. The van der Waals surface area contributed by atoms with Gasteiger partial charge in [-0.1, -0.05) is 12.1 Å². The van der Waals surface area contributed by atoms with E-state index in [1.165, 1.54) is 12.1 Å². The third kappa shape index (κ3) is 3.30. The van der Waals surface area contributed by atoms with Crippen LogP contribution in [0.1, 0.15) is 12.5 Å². The molecular weight excluding hydrogens is 196 g/mol. The van der Waals surface area contributed by atoms with Crippen LogP contribution in [-0.2, 0) is 6.42 Å². The Morgan fingerprint density at radius 3 is 2.40 bits per heavy atom. The minimum Gasteiger partial charge on any atom is -0.394 e. The van der Waals surface area contributed by atoms with Gasteiger partial charge in [0.2, 0.25) is 0 Å². The summed E-state index contributed by atoms with van der Waals surface area (Å²) in [5, 5.41) is 19.4. The van der Waals surface area contributed by atoms with Crippen molar-refractivity contribution in [1.29, 1.82) is 0 Å². The van der Waals surface area contributed by atoms with E-state index in [1.54, 1.807) is 19.1 Å². The van der Waals surface area contributed by atoms with Gasteiger partial charge >= 0.3 is 0 Å². The number of rotatable bonds is 4. The van der Waals surface area contributed by atoms with Crippen LogP contribution in [0.15, 0.2) is 24.3 Å². The van der Waals surface area contributed by atoms with Crippen molar-refractivity contribution in [3.63, 3.8) is 0 Å². The van der Waals surface area contributed by atoms with Crippen LogP contribution < -0.4 is 5.73 Å². The number of nitrogens with two attached hydrogens (primary N) is 1. The molecule has 1 unspecified atom stereocenters. The van der Waals surface area contributed by atoms with Crippen LogP contribution in [-0.4, -0.2) is 22.2 Å². The van der Waals surface area contributed by atoms with Crippen LogP contribution >= 0.6 is 0 Å². The number of nitro benzene ring substituents is 1. The van der Waals surface area contributed by atoms with Gasteiger partial charge in [0.05, 0.1) is 11.5 Å². The van der Waals surface area contributed by atoms with E-state index in [-0.39, 0.29) is 12.3 Å². The highest BCUT2D eigenvalue weighted by Gasteiger charge is 2.17. The maximum Gasteiger partial charge on any atom is 0.269 e. The quantitative estimate of drug-likeness (QED) is 0.569. The summed E-state index contributed by atoms with van der Waals surface area (Å²) in [6.07, 6.45) is 0.488. The molecule has 0 bridgehead atoms. The summed E-state index contributed by atoms with van der Waals surface area (Å²) in [6, 6.07) is 6.17. The maximum absolute atomic E-state index is 10.4. The summed E-state index contributed by atoms with van der Waals surface area (Å²) in [5.41, 5.74) is 6.01. The average molecular weight is 210 g/mol. The van der Waals surface area contributed by atoms with E-state index < -0.39 is 10.5 Å². The largest absolute Gasteiger partial charge is 0.394 e. The van der Waals surface area contributed by atoms with Gasteiger partial charge in [0.25, 0.3) is 5.69 Å². The molecule has 5 heteroatoms. The fourth-order valence-corrected chi connectivity index (χ4v) is 1.26. The monoisotopic (exact) mass is 210 g/mol. The standard InChI is InChI=1S/C10H14N2O3/c1-10(11,7-13)6-8-2-4-9(5-3-8)12(14)15/h2-5,13H,6-7,11H2,1H3. The lowest BCUT2D eigenvalue weighted by molar-refractivity contribution is -0.384. The molecule has 0 radical (unpaired) electrons. The molecular formula is C10H14N2O3. The topological polar surface area (TPSA) is 89.4 Å². The number of hydrogen-bond acceptors (Lipinski definition) is 4. The normalized spacial score (nSPS) is 14.6. The molecule has 0 fully saturated rings. The molecule has 15 heavy (non-hydrogen) atoms. The first kappa shape index (κ1) is 11.6. The van der Waals surface area contributed by atoms with Crippen molar-refractivity contribution < 1.29 is 10.0 Å². The summed E-state index contributed by atoms with van der Waals surface area (Å²) >= 11 is 0. The predicted molar refractivity (Wildman–Crippen MR) is 56.5 cm³/mol. The van der Waals surface area contributed by atoms with E-state index in [0.717, 1.165) is 5.56 Å². The van der Waals surface area contributed by atoms with Gasteiger partial charge < -0.3 is 10.8 Å². The molecule has 0 aliphatic heterocycles. The number of non-ortho nitro benzene ring substituents is 1. The molecule has 0 aliphatic rings. The Morgan fingerprint density at radius 1 is 1.47 bits per heavy atom. The second-order valence-corrected chi connectivity index (χ2v) is 3.91. The van der Waals surface area contributed by atoms with Gasteiger partial charge in [-0.15, -0.1) is 0 Å². The summed E-state index contributed by atoms with van der Waals surface area (Å²) in [4.78, 5) is 9.95. The van der Waals surface area contributed by atoms with Crippen molar-refractivity contribution in [3.8, 4) is 0 Å². The molecule has 0 amide bonds.